The van der Waals surface area contributed by atoms with E-state index in [1.54, 1.807) is 25.6 Å². The normalized spacial score (nSPS) is 18.6. The standard InChI is InChI=1S/C22H23N3O2/c1-27-20-10-6-5-9-17(20)21(26)23-14-22(16-7-3-2-4-8-16)12-11-18-19(13-22)25-15-24-18/h2-10,15H,11-14H2,1H3,(H,23,26)(H,24,25). The van der Waals surface area contributed by atoms with Crippen molar-refractivity contribution >= 4 is 5.91 Å². The number of fused-ring (bicyclic) bond motifs is 1. The predicted molar refractivity (Wildman–Crippen MR) is 104 cm³/mol. The summed E-state index contributed by atoms with van der Waals surface area (Å²) in [5, 5.41) is 3.15. The van der Waals surface area contributed by atoms with Crippen molar-refractivity contribution in [2.24, 2.45) is 0 Å². The van der Waals surface area contributed by atoms with E-state index >= 15 is 0 Å². The van der Waals surface area contributed by atoms with Crippen molar-refractivity contribution in [3.8, 4) is 5.75 Å². The van der Waals surface area contributed by atoms with Crippen molar-refractivity contribution < 1.29 is 9.53 Å². The van der Waals surface area contributed by atoms with Gasteiger partial charge in [-0.25, -0.2) is 4.98 Å². The minimum Gasteiger partial charge on any atom is -0.496 e. The Morgan fingerprint density at radius 1 is 1.19 bits per heavy atom. The number of carbonyl (C=O) groups is 1. The van der Waals surface area contributed by atoms with Crippen LogP contribution in [0.1, 0.15) is 33.7 Å². The Morgan fingerprint density at radius 2 is 1.96 bits per heavy atom. The number of ether oxygens (including phenoxy) is 1. The van der Waals surface area contributed by atoms with Gasteiger partial charge in [0.15, 0.2) is 0 Å². The molecule has 0 bridgehead atoms. The van der Waals surface area contributed by atoms with Gasteiger partial charge in [0, 0.05) is 24.1 Å². The van der Waals surface area contributed by atoms with E-state index in [-0.39, 0.29) is 11.3 Å². The molecule has 5 nitrogen and oxygen atoms in total. The van der Waals surface area contributed by atoms with Gasteiger partial charge in [-0.05, 0) is 30.5 Å². The van der Waals surface area contributed by atoms with Gasteiger partial charge in [-0.15, -0.1) is 0 Å². The number of carbonyl (C=O) groups excluding carboxylic acids is 1. The molecule has 0 fully saturated rings. The molecule has 2 aromatic carbocycles. The number of H-pyrrole nitrogens is 1. The highest BCUT2D eigenvalue weighted by molar-refractivity contribution is 5.97. The molecule has 0 spiro atoms. The van der Waals surface area contributed by atoms with Crippen molar-refractivity contribution in [3.63, 3.8) is 0 Å². The average molecular weight is 361 g/mol. The van der Waals surface area contributed by atoms with Gasteiger partial charge in [0.05, 0.1) is 24.7 Å². The fourth-order valence-electron chi connectivity index (χ4n) is 3.97. The number of methoxy groups -OCH3 is 1. The number of aromatic amines is 1. The number of aryl methyl sites for hydroxylation is 1. The Bertz CT molecular complexity index is 935. The molecule has 27 heavy (non-hydrogen) atoms. The molecule has 1 aromatic heterocycles. The second-order valence-corrected chi connectivity index (χ2v) is 7.03. The zero-order chi connectivity index (χ0) is 18.7. The first-order valence-corrected chi connectivity index (χ1v) is 9.20. The van der Waals surface area contributed by atoms with Crippen LogP contribution in [-0.4, -0.2) is 29.5 Å². The van der Waals surface area contributed by atoms with E-state index in [2.05, 4.69) is 39.6 Å². The van der Waals surface area contributed by atoms with Crippen molar-refractivity contribution in [2.45, 2.75) is 24.7 Å². The lowest BCUT2D eigenvalue weighted by molar-refractivity contribution is 0.0937. The summed E-state index contributed by atoms with van der Waals surface area (Å²) in [4.78, 5) is 20.5. The van der Waals surface area contributed by atoms with Gasteiger partial charge in [-0.1, -0.05) is 42.5 Å². The highest BCUT2D eigenvalue weighted by Gasteiger charge is 2.37. The van der Waals surface area contributed by atoms with E-state index < -0.39 is 0 Å². The van der Waals surface area contributed by atoms with Crippen LogP contribution in [0.4, 0.5) is 0 Å². The van der Waals surface area contributed by atoms with Crippen LogP contribution in [-0.2, 0) is 18.3 Å². The molecule has 2 N–H and O–H groups in total. The lowest BCUT2D eigenvalue weighted by atomic mass is 9.69. The largest absolute Gasteiger partial charge is 0.496 e. The van der Waals surface area contributed by atoms with E-state index in [0.29, 0.717) is 17.9 Å². The molecular weight excluding hydrogens is 338 g/mol. The topological polar surface area (TPSA) is 67.0 Å². The molecular formula is C22H23N3O2. The Kier molecular flexibility index (Phi) is 4.67. The molecule has 138 valence electrons. The molecule has 1 amide bonds. The third-order valence-electron chi connectivity index (χ3n) is 5.49. The second-order valence-electron chi connectivity index (χ2n) is 7.03. The van der Waals surface area contributed by atoms with E-state index in [1.165, 1.54) is 5.56 Å². The number of hydrogen-bond acceptors (Lipinski definition) is 3. The van der Waals surface area contributed by atoms with Gasteiger partial charge >= 0.3 is 0 Å². The minimum atomic E-state index is -0.154. The number of benzene rings is 2. The fourth-order valence-corrected chi connectivity index (χ4v) is 3.97. The van der Waals surface area contributed by atoms with Gasteiger partial charge in [0.25, 0.3) is 5.91 Å². The molecule has 5 heteroatoms. The second kappa shape index (κ2) is 7.27. The smallest absolute Gasteiger partial charge is 0.255 e. The van der Waals surface area contributed by atoms with Crippen molar-refractivity contribution in [2.75, 3.05) is 13.7 Å². The maximum absolute atomic E-state index is 12.8. The average Bonchev–Trinajstić information content (AvgIpc) is 3.20. The van der Waals surface area contributed by atoms with Gasteiger partial charge in [0.1, 0.15) is 5.75 Å². The quantitative estimate of drug-likeness (QED) is 0.733. The van der Waals surface area contributed by atoms with Crippen LogP contribution in [0.15, 0.2) is 60.9 Å². The summed E-state index contributed by atoms with van der Waals surface area (Å²) < 4.78 is 5.33. The van der Waals surface area contributed by atoms with Crippen molar-refractivity contribution in [3.05, 3.63) is 83.4 Å². The first-order chi connectivity index (χ1) is 13.2. The number of amides is 1. The highest BCUT2D eigenvalue weighted by Crippen LogP contribution is 2.37. The number of imidazole rings is 1. The fraction of sp³-hybridized carbons (Fsp3) is 0.273. The molecule has 0 aliphatic heterocycles. The van der Waals surface area contributed by atoms with Crippen LogP contribution >= 0.6 is 0 Å². The number of nitrogens with one attached hydrogen (secondary N) is 2. The summed E-state index contributed by atoms with van der Waals surface area (Å²) in [6.45, 7) is 0.562. The SMILES string of the molecule is COc1ccccc1C(=O)NCC1(c2ccccc2)CCc2nc[nH]c2C1. The Morgan fingerprint density at radius 3 is 2.78 bits per heavy atom. The van der Waals surface area contributed by atoms with E-state index in [1.807, 2.05) is 18.2 Å². The maximum atomic E-state index is 12.8. The molecule has 1 aliphatic carbocycles. The van der Waals surface area contributed by atoms with Gasteiger partial charge in [-0.2, -0.15) is 0 Å². The number of aromatic nitrogens is 2. The number of nitrogens with zero attached hydrogens (tertiary/aromatic N) is 1. The summed E-state index contributed by atoms with van der Waals surface area (Å²) in [5.74, 6) is 0.474. The lowest BCUT2D eigenvalue weighted by Gasteiger charge is -2.37. The molecule has 1 unspecified atom stereocenters. The van der Waals surface area contributed by atoms with Crippen LogP contribution in [0.5, 0.6) is 5.75 Å². The molecule has 4 rings (SSSR count). The molecule has 0 saturated carbocycles. The first kappa shape index (κ1) is 17.3. The summed E-state index contributed by atoms with van der Waals surface area (Å²) in [5.41, 5.74) is 3.94. The summed E-state index contributed by atoms with van der Waals surface area (Å²) in [7, 11) is 1.58. The molecule has 0 radical (unpaired) electrons. The zero-order valence-electron chi connectivity index (χ0n) is 15.4. The first-order valence-electron chi connectivity index (χ1n) is 9.20. The van der Waals surface area contributed by atoms with Crippen LogP contribution < -0.4 is 10.1 Å². The number of hydrogen-bond donors (Lipinski definition) is 2. The van der Waals surface area contributed by atoms with Gasteiger partial charge in [0.2, 0.25) is 0 Å². The molecule has 3 aromatic rings. The summed E-state index contributed by atoms with van der Waals surface area (Å²) >= 11 is 0. The zero-order valence-corrected chi connectivity index (χ0v) is 15.4. The third kappa shape index (κ3) is 3.33. The Balaban J connectivity index is 1.60. The molecule has 1 heterocycles. The number of para-hydroxylation sites is 1. The van der Waals surface area contributed by atoms with Crippen LogP contribution in [0, 0.1) is 0 Å². The van der Waals surface area contributed by atoms with Gasteiger partial charge in [-0.3, -0.25) is 4.79 Å². The molecule has 1 aliphatic rings. The maximum Gasteiger partial charge on any atom is 0.255 e. The van der Waals surface area contributed by atoms with Crippen LogP contribution in [0.3, 0.4) is 0 Å². The number of rotatable bonds is 5. The predicted octanol–water partition coefficient (Wildman–Crippen LogP) is 3.28. The van der Waals surface area contributed by atoms with E-state index in [0.717, 1.165) is 30.7 Å². The van der Waals surface area contributed by atoms with E-state index in [9.17, 15) is 4.79 Å². The molecule has 1 atom stereocenters. The van der Waals surface area contributed by atoms with Crippen molar-refractivity contribution in [1.82, 2.24) is 15.3 Å². The lowest BCUT2D eigenvalue weighted by Crippen LogP contribution is -2.44. The Labute approximate surface area is 158 Å². The summed E-state index contributed by atoms with van der Waals surface area (Å²) in [6.07, 6.45) is 4.44. The van der Waals surface area contributed by atoms with E-state index in [4.69, 9.17) is 4.74 Å². The third-order valence-corrected chi connectivity index (χ3v) is 5.49. The highest BCUT2D eigenvalue weighted by atomic mass is 16.5. The molecule has 0 saturated heterocycles. The minimum absolute atomic E-state index is 0.113. The summed E-state index contributed by atoms with van der Waals surface area (Å²) in [6, 6.07) is 17.7. The monoisotopic (exact) mass is 361 g/mol. The Hall–Kier alpha value is -3.08. The van der Waals surface area contributed by atoms with Crippen molar-refractivity contribution in [1.29, 1.82) is 0 Å². The van der Waals surface area contributed by atoms with Crippen LogP contribution in [0.2, 0.25) is 0 Å². The van der Waals surface area contributed by atoms with Crippen LogP contribution in [0.25, 0.3) is 0 Å². The van der Waals surface area contributed by atoms with Gasteiger partial charge < -0.3 is 15.0 Å².